The van der Waals surface area contributed by atoms with Crippen molar-refractivity contribution in [3.8, 4) is 0 Å². The number of aromatic nitrogens is 2. The van der Waals surface area contributed by atoms with E-state index in [0.717, 1.165) is 42.2 Å². The van der Waals surface area contributed by atoms with Gasteiger partial charge in [0.25, 0.3) is 0 Å². The molecule has 1 aromatic rings. The Morgan fingerprint density at radius 2 is 2.00 bits per heavy atom. The first kappa shape index (κ1) is 14.5. The number of halogens is 1. The van der Waals surface area contributed by atoms with Crippen LogP contribution in [-0.2, 0) is 19.4 Å². The van der Waals surface area contributed by atoms with Gasteiger partial charge < -0.3 is 5.73 Å². The highest BCUT2D eigenvalue weighted by molar-refractivity contribution is 6.31. The minimum atomic E-state index is 0.196. The van der Waals surface area contributed by atoms with Gasteiger partial charge in [0.1, 0.15) is 0 Å². The average molecular weight is 258 g/mol. The van der Waals surface area contributed by atoms with Crippen molar-refractivity contribution in [1.82, 2.24) is 9.78 Å². The molecule has 0 aliphatic heterocycles. The molecule has 0 aliphatic carbocycles. The van der Waals surface area contributed by atoms with E-state index in [1.807, 2.05) is 4.68 Å². The van der Waals surface area contributed by atoms with Crippen molar-refractivity contribution in [2.45, 2.75) is 59.5 Å². The normalized spacial score (nSPS) is 14.9. The molecule has 0 aromatic carbocycles. The number of nitrogens with zero attached hydrogens (tertiary/aromatic N) is 2. The van der Waals surface area contributed by atoms with Crippen LogP contribution in [0.5, 0.6) is 0 Å². The molecule has 0 amide bonds. The smallest absolute Gasteiger partial charge is 0.0849 e. The number of rotatable bonds is 6. The van der Waals surface area contributed by atoms with Crippen LogP contribution < -0.4 is 5.73 Å². The molecule has 0 bridgehead atoms. The van der Waals surface area contributed by atoms with Crippen molar-refractivity contribution in [3.63, 3.8) is 0 Å². The summed E-state index contributed by atoms with van der Waals surface area (Å²) in [6.07, 6.45) is 2.88. The van der Waals surface area contributed by atoms with Crippen LogP contribution in [-0.4, -0.2) is 15.8 Å². The van der Waals surface area contributed by atoms with Crippen molar-refractivity contribution >= 4 is 11.6 Å². The van der Waals surface area contributed by atoms with Gasteiger partial charge in [-0.25, -0.2) is 0 Å². The Morgan fingerprint density at radius 1 is 1.35 bits per heavy atom. The standard InChI is InChI=1S/C13H24ClN3/c1-5-10(9(4)15)8-12-13(14)11(6-2)16-17(12)7-3/h9-10H,5-8,15H2,1-4H3. The van der Waals surface area contributed by atoms with Crippen molar-refractivity contribution in [2.75, 3.05) is 0 Å². The third-order valence-corrected chi connectivity index (χ3v) is 3.85. The van der Waals surface area contributed by atoms with Gasteiger partial charge in [-0.2, -0.15) is 5.10 Å². The molecule has 0 aliphatic rings. The van der Waals surface area contributed by atoms with Gasteiger partial charge in [-0.1, -0.05) is 31.9 Å². The molecule has 2 N–H and O–H groups in total. The third kappa shape index (κ3) is 3.23. The maximum atomic E-state index is 6.39. The molecule has 0 saturated carbocycles. The van der Waals surface area contributed by atoms with Crippen LogP contribution in [0.15, 0.2) is 0 Å². The molecule has 1 rings (SSSR count). The molecule has 17 heavy (non-hydrogen) atoms. The van der Waals surface area contributed by atoms with Gasteiger partial charge in [0.2, 0.25) is 0 Å². The fourth-order valence-corrected chi connectivity index (χ4v) is 2.51. The summed E-state index contributed by atoms with van der Waals surface area (Å²) < 4.78 is 2.02. The van der Waals surface area contributed by atoms with Crippen molar-refractivity contribution in [3.05, 3.63) is 16.4 Å². The van der Waals surface area contributed by atoms with Gasteiger partial charge in [-0.05, 0) is 32.6 Å². The van der Waals surface area contributed by atoms with Crippen LogP contribution >= 0.6 is 11.6 Å². The Balaban J connectivity index is 2.99. The molecule has 1 heterocycles. The quantitative estimate of drug-likeness (QED) is 0.851. The van der Waals surface area contributed by atoms with Crippen LogP contribution in [0.25, 0.3) is 0 Å². The summed E-state index contributed by atoms with van der Waals surface area (Å²) in [5, 5.41) is 5.38. The third-order valence-electron chi connectivity index (χ3n) is 3.42. The summed E-state index contributed by atoms with van der Waals surface area (Å²) >= 11 is 6.39. The van der Waals surface area contributed by atoms with E-state index in [9.17, 15) is 0 Å². The van der Waals surface area contributed by atoms with E-state index in [1.165, 1.54) is 0 Å². The lowest BCUT2D eigenvalue weighted by molar-refractivity contribution is 0.413. The summed E-state index contributed by atoms with van der Waals surface area (Å²) in [6, 6.07) is 0.196. The molecule has 2 atom stereocenters. The van der Waals surface area contributed by atoms with Gasteiger partial charge in [0.05, 0.1) is 16.4 Å². The second-order valence-corrected chi connectivity index (χ2v) is 4.99. The number of hydrogen-bond acceptors (Lipinski definition) is 2. The van der Waals surface area contributed by atoms with Crippen molar-refractivity contribution in [2.24, 2.45) is 11.7 Å². The minimum absolute atomic E-state index is 0.196. The zero-order chi connectivity index (χ0) is 13.0. The Bertz CT molecular complexity index is 358. The molecule has 3 nitrogen and oxygen atoms in total. The first-order valence-electron chi connectivity index (χ1n) is 6.54. The molecule has 4 heteroatoms. The Hall–Kier alpha value is -0.540. The topological polar surface area (TPSA) is 43.8 Å². The summed E-state index contributed by atoms with van der Waals surface area (Å²) in [5.41, 5.74) is 8.15. The number of aryl methyl sites for hydroxylation is 2. The predicted octanol–water partition coefficient (Wildman–Crippen LogP) is 3.03. The molecule has 0 spiro atoms. The lowest BCUT2D eigenvalue weighted by Gasteiger charge is -2.19. The van der Waals surface area contributed by atoms with Crippen molar-refractivity contribution in [1.29, 1.82) is 0 Å². The summed E-state index contributed by atoms with van der Waals surface area (Å²) in [4.78, 5) is 0. The summed E-state index contributed by atoms with van der Waals surface area (Å²) in [6.45, 7) is 9.29. The zero-order valence-electron chi connectivity index (χ0n) is 11.3. The first-order chi connectivity index (χ1) is 8.04. The highest BCUT2D eigenvalue weighted by atomic mass is 35.5. The van der Waals surface area contributed by atoms with Crippen LogP contribution in [0.3, 0.4) is 0 Å². The van der Waals surface area contributed by atoms with Gasteiger partial charge in [0, 0.05) is 12.6 Å². The fourth-order valence-electron chi connectivity index (χ4n) is 2.16. The van der Waals surface area contributed by atoms with E-state index < -0.39 is 0 Å². The molecule has 0 saturated heterocycles. The van der Waals surface area contributed by atoms with Crippen LogP contribution in [0.4, 0.5) is 0 Å². The van der Waals surface area contributed by atoms with Crippen molar-refractivity contribution < 1.29 is 0 Å². The van der Waals surface area contributed by atoms with Gasteiger partial charge in [-0.15, -0.1) is 0 Å². The summed E-state index contributed by atoms with van der Waals surface area (Å²) in [5.74, 6) is 0.471. The monoisotopic (exact) mass is 257 g/mol. The van der Waals surface area contributed by atoms with E-state index in [-0.39, 0.29) is 6.04 Å². The highest BCUT2D eigenvalue weighted by Gasteiger charge is 2.20. The molecule has 98 valence electrons. The first-order valence-corrected chi connectivity index (χ1v) is 6.92. The van der Waals surface area contributed by atoms with E-state index in [2.05, 4.69) is 32.8 Å². The largest absolute Gasteiger partial charge is 0.328 e. The van der Waals surface area contributed by atoms with Gasteiger partial charge in [0.15, 0.2) is 0 Å². The molecule has 1 aromatic heterocycles. The van der Waals surface area contributed by atoms with E-state index in [1.54, 1.807) is 0 Å². The molecule has 2 unspecified atom stereocenters. The molecule has 0 fully saturated rings. The maximum Gasteiger partial charge on any atom is 0.0849 e. The molecular weight excluding hydrogens is 234 g/mol. The zero-order valence-corrected chi connectivity index (χ0v) is 12.1. The number of hydrogen-bond donors (Lipinski definition) is 1. The molecular formula is C13H24ClN3. The minimum Gasteiger partial charge on any atom is -0.328 e. The Kier molecular flexibility index (Phi) is 5.47. The van der Waals surface area contributed by atoms with Crippen LogP contribution in [0.2, 0.25) is 5.02 Å². The molecule has 0 radical (unpaired) electrons. The number of nitrogens with two attached hydrogens (primary N) is 1. The second-order valence-electron chi connectivity index (χ2n) is 4.61. The lowest BCUT2D eigenvalue weighted by Crippen LogP contribution is -2.28. The maximum absolute atomic E-state index is 6.39. The Morgan fingerprint density at radius 3 is 2.41 bits per heavy atom. The summed E-state index contributed by atoms with van der Waals surface area (Å²) in [7, 11) is 0. The van der Waals surface area contributed by atoms with E-state index in [4.69, 9.17) is 17.3 Å². The lowest BCUT2D eigenvalue weighted by atomic mass is 9.93. The fraction of sp³-hybridized carbons (Fsp3) is 0.769. The van der Waals surface area contributed by atoms with E-state index >= 15 is 0 Å². The predicted molar refractivity (Wildman–Crippen MR) is 73.4 cm³/mol. The van der Waals surface area contributed by atoms with E-state index in [0.29, 0.717) is 5.92 Å². The second kappa shape index (κ2) is 6.41. The van der Waals surface area contributed by atoms with Gasteiger partial charge in [-0.3, -0.25) is 4.68 Å². The van der Waals surface area contributed by atoms with Gasteiger partial charge >= 0.3 is 0 Å². The highest BCUT2D eigenvalue weighted by Crippen LogP contribution is 2.25. The van der Waals surface area contributed by atoms with Crippen LogP contribution in [0, 0.1) is 5.92 Å². The van der Waals surface area contributed by atoms with Crippen LogP contribution in [0.1, 0.15) is 45.5 Å². The SMILES string of the molecule is CCc1nn(CC)c(CC(CC)C(C)N)c1Cl. The Labute approximate surface area is 109 Å². The average Bonchev–Trinajstić information content (AvgIpc) is 2.62.